The van der Waals surface area contributed by atoms with E-state index in [0.717, 1.165) is 39.0 Å². The Hall–Kier alpha value is -1.59. The lowest BCUT2D eigenvalue weighted by atomic mass is 10.2. The van der Waals surface area contributed by atoms with Gasteiger partial charge in [0.1, 0.15) is 0 Å². The molecule has 3 N–H and O–H groups in total. The monoisotopic (exact) mass is 307 g/mol. The number of rotatable bonds is 11. The predicted octanol–water partition coefficient (Wildman–Crippen LogP) is 1.97. The van der Waals surface area contributed by atoms with E-state index in [0.29, 0.717) is 12.6 Å². The van der Waals surface area contributed by atoms with Gasteiger partial charge in [0.25, 0.3) is 0 Å². The van der Waals surface area contributed by atoms with Gasteiger partial charge in [0.2, 0.25) is 0 Å². The number of benzene rings is 1. The van der Waals surface area contributed by atoms with Crippen LogP contribution in [0.2, 0.25) is 0 Å². The summed E-state index contributed by atoms with van der Waals surface area (Å²) in [5, 5.41) is 3.08. The minimum atomic E-state index is 0.176. The zero-order valence-corrected chi connectivity index (χ0v) is 13.8. The van der Waals surface area contributed by atoms with Gasteiger partial charge in [0, 0.05) is 26.3 Å². The quantitative estimate of drug-likeness (QED) is 0.372. The van der Waals surface area contributed by atoms with Gasteiger partial charge in [0.05, 0.1) is 13.2 Å². The lowest BCUT2D eigenvalue weighted by Crippen LogP contribution is -2.40. The normalized spacial score (nSPS) is 13.1. The average Bonchev–Trinajstić information content (AvgIpc) is 2.51. The van der Waals surface area contributed by atoms with E-state index in [9.17, 15) is 0 Å². The number of unbranched alkanes of at least 4 members (excludes halogenated alkanes) is 1. The van der Waals surface area contributed by atoms with Crippen LogP contribution in [-0.2, 0) is 15.9 Å². The molecular formula is C17H29N3O2. The van der Waals surface area contributed by atoms with Gasteiger partial charge < -0.3 is 20.5 Å². The van der Waals surface area contributed by atoms with E-state index in [2.05, 4.69) is 34.6 Å². The number of aliphatic imine (C=N–C) groups is 1. The van der Waals surface area contributed by atoms with Crippen molar-refractivity contribution in [3.05, 3.63) is 35.9 Å². The number of guanidine groups is 1. The van der Waals surface area contributed by atoms with Crippen molar-refractivity contribution in [1.29, 1.82) is 0 Å². The highest BCUT2D eigenvalue weighted by molar-refractivity contribution is 5.78. The molecule has 1 unspecified atom stereocenters. The van der Waals surface area contributed by atoms with Crippen LogP contribution in [0.1, 0.15) is 25.3 Å². The summed E-state index contributed by atoms with van der Waals surface area (Å²) in [6, 6.07) is 10.6. The number of hydrogen-bond acceptors (Lipinski definition) is 3. The molecule has 0 aliphatic carbocycles. The third kappa shape index (κ3) is 9.37. The molecule has 1 rings (SSSR count). The summed E-state index contributed by atoms with van der Waals surface area (Å²) < 4.78 is 10.7. The van der Waals surface area contributed by atoms with E-state index in [1.165, 1.54) is 5.56 Å². The summed E-state index contributed by atoms with van der Waals surface area (Å²) in [6.45, 7) is 4.89. The van der Waals surface area contributed by atoms with Crippen molar-refractivity contribution < 1.29 is 9.47 Å². The molecule has 0 amide bonds. The Morgan fingerprint density at radius 3 is 2.73 bits per heavy atom. The molecule has 0 saturated heterocycles. The molecule has 124 valence electrons. The summed E-state index contributed by atoms with van der Waals surface area (Å²) >= 11 is 0. The van der Waals surface area contributed by atoms with Crippen molar-refractivity contribution in [2.24, 2.45) is 10.7 Å². The molecular weight excluding hydrogens is 278 g/mol. The molecule has 0 aliphatic heterocycles. The van der Waals surface area contributed by atoms with Gasteiger partial charge in [0.15, 0.2) is 5.96 Å². The van der Waals surface area contributed by atoms with E-state index in [1.54, 1.807) is 7.11 Å². The first-order valence-electron chi connectivity index (χ1n) is 7.89. The molecule has 0 bridgehead atoms. The molecule has 0 spiro atoms. The van der Waals surface area contributed by atoms with Crippen LogP contribution in [0.5, 0.6) is 0 Å². The standard InChI is InChI=1S/C17H29N3O2/c1-15(14-21-2)20-17(18)19-11-6-7-12-22-13-10-16-8-4-3-5-9-16/h3-5,8-9,15H,6-7,10-14H2,1-2H3,(H3,18,19,20). The van der Waals surface area contributed by atoms with Gasteiger partial charge in [-0.05, 0) is 31.7 Å². The van der Waals surface area contributed by atoms with E-state index in [4.69, 9.17) is 15.2 Å². The summed E-state index contributed by atoms with van der Waals surface area (Å²) in [5.74, 6) is 0.481. The van der Waals surface area contributed by atoms with Crippen LogP contribution < -0.4 is 11.1 Å². The molecule has 1 aromatic carbocycles. The summed E-state index contributed by atoms with van der Waals surface area (Å²) in [5.41, 5.74) is 7.10. The Balaban J connectivity index is 1.96. The van der Waals surface area contributed by atoms with Crippen molar-refractivity contribution >= 4 is 5.96 Å². The highest BCUT2D eigenvalue weighted by Crippen LogP contribution is 2.00. The van der Waals surface area contributed by atoms with Gasteiger partial charge in [-0.15, -0.1) is 0 Å². The molecule has 0 aromatic heterocycles. The fourth-order valence-corrected chi connectivity index (χ4v) is 2.04. The second-order valence-electron chi connectivity index (χ2n) is 5.32. The number of hydrogen-bond donors (Lipinski definition) is 2. The molecule has 0 aliphatic rings. The number of nitrogens with zero attached hydrogens (tertiary/aromatic N) is 1. The Morgan fingerprint density at radius 1 is 1.23 bits per heavy atom. The molecule has 22 heavy (non-hydrogen) atoms. The SMILES string of the molecule is COCC(C)NC(N)=NCCCCOCCc1ccccc1. The lowest BCUT2D eigenvalue weighted by molar-refractivity contribution is 0.134. The average molecular weight is 307 g/mol. The van der Waals surface area contributed by atoms with Crippen molar-refractivity contribution in [2.75, 3.05) is 33.5 Å². The van der Waals surface area contributed by atoms with Crippen LogP contribution in [0.15, 0.2) is 35.3 Å². The zero-order chi connectivity index (χ0) is 16.0. The number of nitrogens with one attached hydrogen (secondary N) is 1. The number of nitrogens with two attached hydrogens (primary N) is 1. The fourth-order valence-electron chi connectivity index (χ4n) is 2.04. The van der Waals surface area contributed by atoms with Gasteiger partial charge >= 0.3 is 0 Å². The summed E-state index contributed by atoms with van der Waals surface area (Å²) in [4.78, 5) is 4.28. The Labute approximate surface area is 133 Å². The number of methoxy groups -OCH3 is 1. The molecule has 0 fully saturated rings. The molecule has 0 saturated carbocycles. The maximum Gasteiger partial charge on any atom is 0.188 e. The van der Waals surface area contributed by atoms with Gasteiger partial charge in [-0.3, -0.25) is 4.99 Å². The Morgan fingerprint density at radius 2 is 2.00 bits per heavy atom. The number of ether oxygens (including phenoxy) is 2. The largest absolute Gasteiger partial charge is 0.383 e. The summed E-state index contributed by atoms with van der Waals surface area (Å²) in [7, 11) is 1.67. The molecule has 1 aromatic rings. The molecule has 1 atom stereocenters. The van der Waals surface area contributed by atoms with E-state index in [-0.39, 0.29) is 6.04 Å². The first kappa shape index (κ1) is 18.5. The zero-order valence-electron chi connectivity index (χ0n) is 13.8. The fraction of sp³-hybridized carbons (Fsp3) is 0.588. The van der Waals surface area contributed by atoms with Crippen molar-refractivity contribution in [3.63, 3.8) is 0 Å². The van der Waals surface area contributed by atoms with Crippen LogP contribution in [0.4, 0.5) is 0 Å². The van der Waals surface area contributed by atoms with Gasteiger partial charge in [-0.2, -0.15) is 0 Å². The molecule has 0 radical (unpaired) electrons. The minimum absolute atomic E-state index is 0.176. The lowest BCUT2D eigenvalue weighted by Gasteiger charge is -2.12. The maximum atomic E-state index is 5.78. The second-order valence-corrected chi connectivity index (χ2v) is 5.32. The Bertz CT molecular complexity index is 410. The highest BCUT2D eigenvalue weighted by Gasteiger charge is 2.00. The van der Waals surface area contributed by atoms with Crippen LogP contribution in [0.3, 0.4) is 0 Å². The van der Waals surface area contributed by atoms with Crippen LogP contribution in [0, 0.1) is 0 Å². The molecule has 0 heterocycles. The second kappa shape index (κ2) is 12.0. The third-order valence-electron chi connectivity index (χ3n) is 3.17. The van der Waals surface area contributed by atoms with Crippen molar-refractivity contribution in [2.45, 2.75) is 32.2 Å². The topological polar surface area (TPSA) is 68.9 Å². The maximum absolute atomic E-state index is 5.78. The minimum Gasteiger partial charge on any atom is -0.383 e. The van der Waals surface area contributed by atoms with E-state index < -0.39 is 0 Å². The third-order valence-corrected chi connectivity index (χ3v) is 3.17. The van der Waals surface area contributed by atoms with Crippen molar-refractivity contribution in [3.8, 4) is 0 Å². The van der Waals surface area contributed by atoms with Gasteiger partial charge in [-0.25, -0.2) is 0 Å². The first-order valence-corrected chi connectivity index (χ1v) is 7.89. The van der Waals surface area contributed by atoms with Gasteiger partial charge in [-0.1, -0.05) is 30.3 Å². The van der Waals surface area contributed by atoms with E-state index >= 15 is 0 Å². The van der Waals surface area contributed by atoms with Crippen LogP contribution in [-0.4, -0.2) is 45.5 Å². The predicted molar refractivity (Wildman–Crippen MR) is 91.2 cm³/mol. The van der Waals surface area contributed by atoms with Crippen LogP contribution in [0.25, 0.3) is 0 Å². The first-order chi connectivity index (χ1) is 10.7. The highest BCUT2D eigenvalue weighted by atomic mass is 16.5. The molecule has 5 nitrogen and oxygen atoms in total. The smallest absolute Gasteiger partial charge is 0.188 e. The van der Waals surface area contributed by atoms with Crippen molar-refractivity contribution in [1.82, 2.24) is 5.32 Å². The Kier molecular flexibility index (Phi) is 10.1. The summed E-state index contributed by atoms with van der Waals surface area (Å²) in [6.07, 6.45) is 2.94. The van der Waals surface area contributed by atoms with Crippen LogP contribution >= 0.6 is 0 Å². The van der Waals surface area contributed by atoms with E-state index in [1.807, 2.05) is 13.0 Å². The molecule has 5 heteroatoms.